The van der Waals surface area contributed by atoms with Gasteiger partial charge in [-0.2, -0.15) is 0 Å². The summed E-state index contributed by atoms with van der Waals surface area (Å²) in [5.41, 5.74) is 5.06. The van der Waals surface area contributed by atoms with Gasteiger partial charge in [-0.15, -0.1) is 0 Å². The Labute approximate surface area is 118 Å². The fraction of sp³-hybridized carbons (Fsp3) is 0.267. The summed E-state index contributed by atoms with van der Waals surface area (Å²) in [4.78, 5) is 13.6. The van der Waals surface area contributed by atoms with Crippen LogP contribution in [0.25, 0.3) is 0 Å². The first-order valence-electron chi connectivity index (χ1n) is 6.41. The summed E-state index contributed by atoms with van der Waals surface area (Å²) in [6, 6.07) is 9.96. The van der Waals surface area contributed by atoms with Crippen molar-refractivity contribution in [2.24, 2.45) is 5.84 Å². The fourth-order valence-electron chi connectivity index (χ4n) is 2.17. The molecular formula is C15H19N3O2. The van der Waals surface area contributed by atoms with E-state index in [1.807, 2.05) is 13.1 Å². The number of benzene rings is 1. The summed E-state index contributed by atoms with van der Waals surface area (Å²) in [6.07, 6.45) is 1.50. The second kappa shape index (κ2) is 6.36. The number of hydrazine groups is 1. The highest BCUT2D eigenvalue weighted by atomic mass is 16.3. The quantitative estimate of drug-likeness (QED) is 0.495. The molecule has 0 unspecified atom stereocenters. The van der Waals surface area contributed by atoms with Gasteiger partial charge in [0.05, 0.1) is 18.4 Å². The molecule has 0 bridgehead atoms. The van der Waals surface area contributed by atoms with Crippen molar-refractivity contribution < 1.29 is 9.21 Å². The minimum absolute atomic E-state index is 0.335. The Kier molecular flexibility index (Phi) is 4.55. The zero-order valence-electron chi connectivity index (χ0n) is 11.7. The lowest BCUT2D eigenvalue weighted by molar-refractivity contribution is 0.0950. The average molecular weight is 273 g/mol. The average Bonchev–Trinajstić information content (AvgIpc) is 2.85. The van der Waals surface area contributed by atoms with Crippen LogP contribution in [-0.2, 0) is 13.1 Å². The fourth-order valence-corrected chi connectivity index (χ4v) is 2.17. The Morgan fingerprint density at radius 1 is 1.35 bits per heavy atom. The van der Waals surface area contributed by atoms with Gasteiger partial charge in [0.1, 0.15) is 5.76 Å². The summed E-state index contributed by atoms with van der Waals surface area (Å²) in [5.74, 6) is 5.43. The third kappa shape index (κ3) is 3.46. The van der Waals surface area contributed by atoms with E-state index in [-0.39, 0.29) is 5.91 Å². The van der Waals surface area contributed by atoms with Crippen LogP contribution in [0.5, 0.6) is 0 Å². The summed E-state index contributed by atoms with van der Waals surface area (Å²) in [6.45, 7) is 3.40. The molecule has 0 aliphatic heterocycles. The van der Waals surface area contributed by atoms with Gasteiger partial charge < -0.3 is 4.42 Å². The number of amides is 1. The van der Waals surface area contributed by atoms with E-state index in [0.717, 1.165) is 6.54 Å². The molecule has 1 amide bonds. The Hall–Kier alpha value is -2.11. The number of carbonyl (C=O) groups excluding carboxylic acids is 1. The van der Waals surface area contributed by atoms with Crippen molar-refractivity contribution in [2.45, 2.75) is 20.0 Å². The zero-order chi connectivity index (χ0) is 14.5. The highest BCUT2D eigenvalue weighted by Crippen LogP contribution is 2.14. The van der Waals surface area contributed by atoms with Crippen LogP contribution >= 0.6 is 0 Å². The molecule has 0 saturated heterocycles. The van der Waals surface area contributed by atoms with E-state index < -0.39 is 0 Å². The number of hydrogen-bond acceptors (Lipinski definition) is 4. The molecule has 0 fully saturated rings. The molecule has 1 aromatic carbocycles. The van der Waals surface area contributed by atoms with Gasteiger partial charge in [0.15, 0.2) is 0 Å². The molecule has 0 aliphatic carbocycles. The minimum atomic E-state index is -0.335. The number of aryl methyl sites for hydroxylation is 1. The molecular weight excluding hydrogens is 254 g/mol. The summed E-state index contributed by atoms with van der Waals surface area (Å²) in [5, 5.41) is 0. The van der Waals surface area contributed by atoms with Crippen LogP contribution in [-0.4, -0.2) is 17.9 Å². The Balaban J connectivity index is 2.03. The molecule has 20 heavy (non-hydrogen) atoms. The SMILES string of the molecule is Cc1cccc(CN(C)Cc2occc2C(=O)NN)c1. The van der Waals surface area contributed by atoms with Crippen LogP contribution in [0.2, 0.25) is 0 Å². The van der Waals surface area contributed by atoms with Crippen molar-refractivity contribution in [3.63, 3.8) is 0 Å². The molecule has 0 spiro atoms. The second-order valence-corrected chi connectivity index (χ2v) is 4.89. The summed E-state index contributed by atoms with van der Waals surface area (Å²) < 4.78 is 5.36. The first kappa shape index (κ1) is 14.3. The van der Waals surface area contributed by atoms with Gasteiger partial charge in [-0.3, -0.25) is 15.1 Å². The Morgan fingerprint density at radius 2 is 2.15 bits per heavy atom. The van der Waals surface area contributed by atoms with E-state index in [4.69, 9.17) is 10.3 Å². The van der Waals surface area contributed by atoms with Crippen molar-refractivity contribution in [1.29, 1.82) is 0 Å². The predicted molar refractivity (Wildman–Crippen MR) is 76.7 cm³/mol. The maximum Gasteiger partial charge on any atom is 0.268 e. The molecule has 1 aromatic heterocycles. The minimum Gasteiger partial charge on any atom is -0.467 e. The van der Waals surface area contributed by atoms with Crippen LogP contribution in [0.1, 0.15) is 27.2 Å². The van der Waals surface area contributed by atoms with E-state index in [2.05, 4.69) is 35.4 Å². The number of nitrogen functional groups attached to an aromatic ring is 1. The lowest BCUT2D eigenvalue weighted by Gasteiger charge is -2.16. The molecule has 1 heterocycles. The maximum absolute atomic E-state index is 11.6. The van der Waals surface area contributed by atoms with Crippen LogP contribution in [0.15, 0.2) is 41.0 Å². The molecule has 0 saturated carbocycles. The maximum atomic E-state index is 11.6. The largest absolute Gasteiger partial charge is 0.467 e. The van der Waals surface area contributed by atoms with Gasteiger partial charge in [0.2, 0.25) is 0 Å². The lowest BCUT2D eigenvalue weighted by atomic mass is 10.1. The van der Waals surface area contributed by atoms with Crippen molar-refractivity contribution in [3.05, 3.63) is 59.0 Å². The van der Waals surface area contributed by atoms with E-state index in [9.17, 15) is 4.79 Å². The molecule has 3 N–H and O–H groups in total. The van der Waals surface area contributed by atoms with Gasteiger partial charge in [-0.25, -0.2) is 5.84 Å². The molecule has 2 aromatic rings. The van der Waals surface area contributed by atoms with Crippen molar-refractivity contribution in [1.82, 2.24) is 10.3 Å². The number of hydrogen-bond donors (Lipinski definition) is 2. The number of nitrogens with two attached hydrogens (primary N) is 1. The van der Waals surface area contributed by atoms with E-state index in [1.54, 1.807) is 6.07 Å². The van der Waals surface area contributed by atoms with Crippen molar-refractivity contribution in [2.75, 3.05) is 7.05 Å². The highest BCUT2D eigenvalue weighted by molar-refractivity contribution is 5.94. The van der Waals surface area contributed by atoms with E-state index in [0.29, 0.717) is 17.9 Å². The van der Waals surface area contributed by atoms with Crippen LogP contribution < -0.4 is 11.3 Å². The Morgan fingerprint density at radius 3 is 2.85 bits per heavy atom. The predicted octanol–water partition coefficient (Wildman–Crippen LogP) is 1.82. The third-order valence-corrected chi connectivity index (χ3v) is 3.07. The number of nitrogens with zero attached hydrogens (tertiary/aromatic N) is 1. The first-order chi connectivity index (χ1) is 9.60. The molecule has 5 heteroatoms. The molecule has 5 nitrogen and oxygen atoms in total. The van der Waals surface area contributed by atoms with Gasteiger partial charge in [0.25, 0.3) is 5.91 Å². The van der Waals surface area contributed by atoms with Crippen molar-refractivity contribution >= 4 is 5.91 Å². The smallest absolute Gasteiger partial charge is 0.268 e. The topological polar surface area (TPSA) is 71.5 Å². The van der Waals surface area contributed by atoms with Gasteiger partial charge in [-0.1, -0.05) is 29.8 Å². The van der Waals surface area contributed by atoms with Gasteiger partial charge in [-0.05, 0) is 25.6 Å². The number of nitrogens with one attached hydrogen (secondary N) is 1. The lowest BCUT2D eigenvalue weighted by Crippen LogP contribution is -2.31. The van der Waals surface area contributed by atoms with Crippen LogP contribution in [0, 0.1) is 6.92 Å². The number of furan rings is 1. The van der Waals surface area contributed by atoms with Crippen LogP contribution in [0.4, 0.5) is 0 Å². The molecule has 0 aliphatic rings. The number of carbonyl (C=O) groups is 1. The monoisotopic (exact) mass is 273 g/mol. The summed E-state index contributed by atoms with van der Waals surface area (Å²) in [7, 11) is 1.98. The van der Waals surface area contributed by atoms with E-state index >= 15 is 0 Å². The second-order valence-electron chi connectivity index (χ2n) is 4.89. The van der Waals surface area contributed by atoms with Gasteiger partial charge >= 0.3 is 0 Å². The third-order valence-electron chi connectivity index (χ3n) is 3.07. The molecule has 0 radical (unpaired) electrons. The van der Waals surface area contributed by atoms with E-state index in [1.165, 1.54) is 17.4 Å². The number of rotatable bonds is 5. The Bertz CT molecular complexity index is 592. The summed E-state index contributed by atoms with van der Waals surface area (Å²) >= 11 is 0. The highest BCUT2D eigenvalue weighted by Gasteiger charge is 2.15. The normalized spacial score (nSPS) is 10.8. The molecule has 0 atom stereocenters. The van der Waals surface area contributed by atoms with Crippen molar-refractivity contribution in [3.8, 4) is 0 Å². The van der Waals surface area contributed by atoms with Gasteiger partial charge in [0, 0.05) is 6.54 Å². The zero-order valence-corrected chi connectivity index (χ0v) is 11.7. The molecule has 2 rings (SSSR count). The molecule has 106 valence electrons. The standard InChI is InChI=1S/C15H19N3O2/c1-11-4-3-5-12(8-11)9-18(2)10-14-13(6-7-20-14)15(19)17-16/h3-8H,9-10,16H2,1-2H3,(H,17,19). The first-order valence-corrected chi connectivity index (χ1v) is 6.41. The van der Waals surface area contributed by atoms with Crippen LogP contribution in [0.3, 0.4) is 0 Å².